The van der Waals surface area contributed by atoms with Gasteiger partial charge in [-0.1, -0.05) is 15.9 Å². The number of alkyl halides is 1. The Labute approximate surface area is 105 Å². The maximum Gasteiger partial charge on any atom is 0.0630 e. The fraction of sp³-hybridized carbons (Fsp3) is 0.727. The molecule has 0 radical (unpaired) electrons. The van der Waals surface area contributed by atoms with Gasteiger partial charge in [-0.3, -0.25) is 9.58 Å². The summed E-state index contributed by atoms with van der Waals surface area (Å²) in [7, 11) is 0. The Morgan fingerprint density at radius 3 is 3.19 bits per heavy atom. The Hall–Kier alpha value is -0.390. The van der Waals surface area contributed by atoms with E-state index >= 15 is 0 Å². The lowest BCUT2D eigenvalue weighted by molar-refractivity contribution is -0.00213. The van der Waals surface area contributed by atoms with Gasteiger partial charge in [0, 0.05) is 42.8 Å². The Kier molecular flexibility index (Phi) is 4.37. The number of morpholine rings is 1. The molecule has 1 aliphatic heterocycles. The summed E-state index contributed by atoms with van der Waals surface area (Å²) >= 11 is 3.54. The molecule has 4 nitrogen and oxygen atoms in total. The SMILES string of the molecule is CCn1cc(CN2CCOCC2CBr)cn1. The molecule has 0 amide bonds. The molecule has 2 rings (SSSR count). The topological polar surface area (TPSA) is 30.3 Å². The second-order valence-electron chi connectivity index (χ2n) is 4.06. The molecular formula is C11H18BrN3O. The van der Waals surface area contributed by atoms with Crippen molar-refractivity contribution in [1.82, 2.24) is 14.7 Å². The van der Waals surface area contributed by atoms with Gasteiger partial charge in [-0.15, -0.1) is 0 Å². The number of aryl methyl sites for hydroxylation is 1. The molecule has 0 N–H and O–H groups in total. The minimum Gasteiger partial charge on any atom is -0.378 e. The van der Waals surface area contributed by atoms with E-state index in [1.165, 1.54) is 5.56 Å². The van der Waals surface area contributed by atoms with E-state index in [1.807, 2.05) is 10.9 Å². The molecule has 16 heavy (non-hydrogen) atoms. The number of halogens is 1. The van der Waals surface area contributed by atoms with Gasteiger partial charge in [0.2, 0.25) is 0 Å². The normalized spacial score (nSPS) is 22.5. The molecule has 1 saturated heterocycles. The van der Waals surface area contributed by atoms with Gasteiger partial charge in [-0.2, -0.15) is 5.10 Å². The summed E-state index contributed by atoms with van der Waals surface area (Å²) in [5.41, 5.74) is 1.29. The zero-order chi connectivity index (χ0) is 11.4. The number of nitrogens with zero attached hydrogens (tertiary/aromatic N) is 3. The average molecular weight is 288 g/mol. The van der Waals surface area contributed by atoms with Crippen LogP contribution in [0.25, 0.3) is 0 Å². The van der Waals surface area contributed by atoms with Crippen LogP contribution in [0.5, 0.6) is 0 Å². The first-order chi connectivity index (χ1) is 7.83. The van der Waals surface area contributed by atoms with E-state index in [0.29, 0.717) is 6.04 Å². The minimum absolute atomic E-state index is 0.485. The predicted molar refractivity (Wildman–Crippen MR) is 66.7 cm³/mol. The van der Waals surface area contributed by atoms with Crippen molar-refractivity contribution in [3.63, 3.8) is 0 Å². The van der Waals surface area contributed by atoms with E-state index in [4.69, 9.17) is 4.74 Å². The third-order valence-electron chi connectivity index (χ3n) is 2.92. The zero-order valence-corrected chi connectivity index (χ0v) is 11.2. The van der Waals surface area contributed by atoms with E-state index in [-0.39, 0.29) is 0 Å². The molecule has 1 aromatic rings. The van der Waals surface area contributed by atoms with Crippen molar-refractivity contribution in [2.45, 2.75) is 26.1 Å². The van der Waals surface area contributed by atoms with Crippen LogP contribution < -0.4 is 0 Å². The highest BCUT2D eigenvalue weighted by Gasteiger charge is 2.22. The highest BCUT2D eigenvalue weighted by molar-refractivity contribution is 9.09. The number of hydrogen-bond acceptors (Lipinski definition) is 3. The Balaban J connectivity index is 1.96. The van der Waals surface area contributed by atoms with Crippen LogP contribution in [0.1, 0.15) is 12.5 Å². The van der Waals surface area contributed by atoms with Crippen LogP contribution in [0, 0.1) is 0 Å². The summed E-state index contributed by atoms with van der Waals surface area (Å²) in [6.07, 6.45) is 4.09. The molecule has 0 aromatic carbocycles. The molecule has 0 spiro atoms. The second-order valence-corrected chi connectivity index (χ2v) is 4.71. The molecule has 2 heterocycles. The highest BCUT2D eigenvalue weighted by atomic mass is 79.9. The number of aromatic nitrogens is 2. The van der Waals surface area contributed by atoms with Crippen molar-refractivity contribution >= 4 is 15.9 Å². The first kappa shape index (κ1) is 12.1. The lowest BCUT2D eigenvalue weighted by atomic mass is 10.2. The first-order valence-electron chi connectivity index (χ1n) is 5.72. The van der Waals surface area contributed by atoms with Crippen LogP contribution in [0.4, 0.5) is 0 Å². The molecule has 5 heteroatoms. The molecule has 1 unspecified atom stereocenters. The fourth-order valence-electron chi connectivity index (χ4n) is 1.93. The standard InChI is InChI=1S/C11H18BrN3O/c1-2-15-8-10(6-13-15)7-14-3-4-16-9-11(14)5-12/h6,8,11H,2-5,7,9H2,1H3. The van der Waals surface area contributed by atoms with E-state index < -0.39 is 0 Å². The van der Waals surface area contributed by atoms with Crippen molar-refractivity contribution < 1.29 is 4.74 Å². The van der Waals surface area contributed by atoms with Crippen molar-refractivity contribution in [3.8, 4) is 0 Å². The van der Waals surface area contributed by atoms with Gasteiger partial charge in [0.15, 0.2) is 0 Å². The molecule has 90 valence electrons. The van der Waals surface area contributed by atoms with Crippen LogP contribution in [0.3, 0.4) is 0 Å². The summed E-state index contributed by atoms with van der Waals surface area (Å²) in [5, 5.41) is 5.27. The van der Waals surface area contributed by atoms with Gasteiger partial charge in [0.1, 0.15) is 0 Å². The van der Waals surface area contributed by atoms with E-state index in [0.717, 1.165) is 38.2 Å². The monoisotopic (exact) mass is 287 g/mol. The minimum atomic E-state index is 0.485. The molecule has 1 fully saturated rings. The van der Waals surface area contributed by atoms with Gasteiger partial charge in [0.25, 0.3) is 0 Å². The third kappa shape index (κ3) is 2.84. The van der Waals surface area contributed by atoms with Crippen molar-refractivity contribution in [3.05, 3.63) is 18.0 Å². The summed E-state index contributed by atoms with van der Waals surface area (Å²) in [4.78, 5) is 2.45. The van der Waals surface area contributed by atoms with E-state index in [9.17, 15) is 0 Å². The summed E-state index contributed by atoms with van der Waals surface area (Å²) < 4.78 is 7.45. The van der Waals surface area contributed by atoms with Crippen LogP contribution >= 0.6 is 15.9 Å². The molecule has 0 aliphatic carbocycles. The van der Waals surface area contributed by atoms with Crippen molar-refractivity contribution in [2.24, 2.45) is 0 Å². The predicted octanol–water partition coefficient (Wildman–Crippen LogP) is 1.50. The lowest BCUT2D eigenvalue weighted by Gasteiger charge is -2.34. The van der Waals surface area contributed by atoms with E-state index in [1.54, 1.807) is 0 Å². The maximum absolute atomic E-state index is 5.47. The molecule has 0 bridgehead atoms. The highest BCUT2D eigenvalue weighted by Crippen LogP contribution is 2.13. The number of hydrogen-bond donors (Lipinski definition) is 0. The fourth-order valence-corrected chi connectivity index (χ4v) is 2.53. The first-order valence-corrected chi connectivity index (χ1v) is 6.84. The second kappa shape index (κ2) is 5.80. The van der Waals surface area contributed by atoms with Gasteiger partial charge >= 0.3 is 0 Å². The van der Waals surface area contributed by atoms with Crippen LogP contribution in [-0.4, -0.2) is 45.8 Å². The average Bonchev–Trinajstić information content (AvgIpc) is 2.77. The Morgan fingerprint density at radius 2 is 2.50 bits per heavy atom. The largest absolute Gasteiger partial charge is 0.378 e. The van der Waals surface area contributed by atoms with Crippen molar-refractivity contribution in [1.29, 1.82) is 0 Å². The zero-order valence-electron chi connectivity index (χ0n) is 9.60. The van der Waals surface area contributed by atoms with Gasteiger partial charge in [0.05, 0.1) is 19.4 Å². The summed E-state index contributed by atoms with van der Waals surface area (Å²) in [6.45, 7) is 6.68. The van der Waals surface area contributed by atoms with Gasteiger partial charge < -0.3 is 4.74 Å². The number of ether oxygens (including phenoxy) is 1. The number of rotatable bonds is 4. The molecule has 1 aliphatic rings. The lowest BCUT2D eigenvalue weighted by Crippen LogP contribution is -2.45. The molecular weight excluding hydrogens is 270 g/mol. The Morgan fingerprint density at radius 1 is 1.62 bits per heavy atom. The van der Waals surface area contributed by atoms with Crippen LogP contribution in [0.15, 0.2) is 12.4 Å². The van der Waals surface area contributed by atoms with Crippen molar-refractivity contribution in [2.75, 3.05) is 25.1 Å². The van der Waals surface area contributed by atoms with Gasteiger partial charge in [-0.25, -0.2) is 0 Å². The summed E-state index contributed by atoms with van der Waals surface area (Å²) in [5.74, 6) is 0. The van der Waals surface area contributed by atoms with Gasteiger partial charge in [-0.05, 0) is 6.92 Å². The third-order valence-corrected chi connectivity index (χ3v) is 3.67. The molecule has 1 aromatic heterocycles. The van der Waals surface area contributed by atoms with Crippen LogP contribution in [-0.2, 0) is 17.8 Å². The van der Waals surface area contributed by atoms with Crippen LogP contribution in [0.2, 0.25) is 0 Å². The maximum atomic E-state index is 5.47. The quantitative estimate of drug-likeness (QED) is 0.787. The molecule has 0 saturated carbocycles. The summed E-state index contributed by atoms with van der Waals surface area (Å²) in [6, 6.07) is 0.485. The van der Waals surface area contributed by atoms with E-state index in [2.05, 4.69) is 39.0 Å². The smallest absolute Gasteiger partial charge is 0.0630 e. The molecule has 1 atom stereocenters. The Bertz CT molecular complexity index is 329.